The van der Waals surface area contributed by atoms with Gasteiger partial charge in [-0.3, -0.25) is 9.78 Å². The number of ether oxygens (including phenoxy) is 1. The van der Waals surface area contributed by atoms with E-state index >= 15 is 0 Å². The van der Waals surface area contributed by atoms with E-state index in [-0.39, 0.29) is 0 Å². The van der Waals surface area contributed by atoms with Crippen LogP contribution < -0.4 is 4.74 Å². The van der Waals surface area contributed by atoms with Crippen LogP contribution in [0.4, 0.5) is 0 Å². The quantitative estimate of drug-likeness (QED) is 0.376. The molecule has 0 unspecified atom stereocenters. The van der Waals surface area contributed by atoms with E-state index in [1.807, 2.05) is 18.2 Å². The molecule has 0 spiro atoms. The van der Waals surface area contributed by atoms with Crippen molar-refractivity contribution in [1.82, 2.24) is 9.88 Å². The minimum absolute atomic E-state index is 0.626. The Morgan fingerprint density at radius 2 is 2.06 bits per heavy atom. The van der Waals surface area contributed by atoms with Gasteiger partial charge in [-0.25, -0.2) is 0 Å². The number of pyridine rings is 1. The molecule has 1 aliphatic rings. The standard InChI is InChI=1S/C26H31ClN2O3S/c1-32-20-6-7-24-22(16-20)21(23(27)17-28-24)5-2-9-26(25(30)31)10-13-29(14-11-26)12-3-4-19-8-15-33-18-19/h6-8,15-18H,2-5,9-14H2,1H3,(H,30,31). The molecule has 1 aliphatic heterocycles. The minimum Gasteiger partial charge on any atom is -0.497 e. The molecule has 1 saturated heterocycles. The molecule has 4 rings (SSSR count). The first kappa shape index (κ1) is 24.0. The van der Waals surface area contributed by atoms with Gasteiger partial charge in [0.25, 0.3) is 0 Å². The number of piperidine rings is 1. The SMILES string of the molecule is COc1ccc2ncc(Cl)c(CCCC3(C(=O)O)CCN(CCCc4ccsc4)CC3)c2c1. The van der Waals surface area contributed by atoms with Crippen molar-refractivity contribution in [3.05, 3.63) is 57.4 Å². The van der Waals surface area contributed by atoms with E-state index in [0.717, 1.165) is 67.5 Å². The lowest BCUT2D eigenvalue weighted by atomic mass is 9.74. The molecule has 0 saturated carbocycles. The van der Waals surface area contributed by atoms with Crippen LogP contribution in [-0.2, 0) is 17.6 Å². The molecule has 3 heterocycles. The molecule has 5 nitrogen and oxygen atoms in total. The maximum absolute atomic E-state index is 12.3. The van der Waals surface area contributed by atoms with Crippen LogP contribution in [0.1, 0.15) is 43.2 Å². The zero-order valence-electron chi connectivity index (χ0n) is 19.1. The Labute approximate surface area is 204 Å². The van der Waals surface area contributed by atoms with Crippen LogP contribution in [0.3, 0.4) is 0 Å². The fourth-order valence-electron chi connectivity index (χ4n) is 4.90. The van der Waals surface area contributed by atoms with Gasteiger partial charge in [0.15, 0.2) is 0 Å². The number of aryl methyl sites for hydroxylation is 2. The van der Waals surface area contributed by atoms with E-state index in [1.54, 1.807) is 24.6 Å². The number of carbonyl (C=O) groups is 1. The number of hydrogen-bond donors (Lipinski definition) is 1. The highest BCUT2D eigenvalue weighted by Gasteiger charge is 2.40. The zero-order chi connectivity index (χ0) is 23.3. The molecule has 3 aromatic rings. The first-order valence-corrected chi connectivity index (χ1v) is 12.9. The number of nitrogens with zero attached hydrogens (tertiary/aromatic N) is 2. The van der Waals surface area contributed by atoms with Gasteiger partial charge in [0.2, 0.25) is 0 Å². The predicted octanol–water partition coefficient (Wildman–Crippen LogP) is 6.08. The Morgan fingerprint density at radius 3 is 2.76 bits per heavy atom. The molecule has 33 heavy (non-hydrogen) atoms. The number of halogens is 1. The largest absolute Gasteiger partial charge is 0.497 e. The van der Waals surface area contributed by atoms with Crippen LogP contribution >= 0.6 is 22.9 Å². The number of fused-ring (bicyclic) bond motifs is 1. The summed E-state index contributed by atoms with van der Waals surface area (Å²) in [6.45, 7) is 2.74. The Hall–Kier alpha value is -2.15. The molecular formula is C26H31ClN2O3S. The molecule has 2 aromatic heterocycles. The smallest absolute Gasteiger partial charge is 0.309 e. The van der Waals surface area contributed by atoms with Crippen LogP contribution in [0, 0.1) is 5.41 Å². The summed E-state index contributed by atoms with van der Waals surface area (Å²) in [5.41, 5.74) is 2.65. The fraction of sp³-hybridized carbons (Fsp3) is 0.462. The van der Waals surface area contributed by atoms with Crippen LogP contribution in [0.5, 0.6) is 5.75 Å². The van der Waals surface area contributed by atoms with E-state index in [2.05, 4.69) is 26.7 Å². The molecule has 1 N–H and O–H groups in total. The third-order valence-electron chi connectivity index (χ3n) is 7.00. The number of methoxy groups -OCH3 is 1. The van der Waals surface area contributed by atoms with Crippen molar-refractivity contribution in [2.75, 3.05) is 26.7 Å². The monoisotopic (exact) mass is 486 g/mol. The molecule has 0 amide bonds. The fourth-order valence-corrected chi connectivity index (χ4v) is 5.85. The molecule has 0 aliphatic carbocycles. The van der Waals surface area contributed by atoms with Gasteiger partial charge in [0, 0.05) is 11.6 Å². The lowest BCUT2D eigenvalue weighted by Crippen LogP contribution is -2.44. The molecule has 0 atom stereocenters. The number of carboxylic acids is 1. The molecule has 0 bridgehead atoms. The maximum atomic E-state index is 12.3. The summed E-state index contributed by atoms with van der Waals surface area (Å²) in [6.07, 6.45) is 7.48. The summed E-state index contributed by atoms with van der Waals surface area (Å²) in [5.74, 6) is 0.106. The summed E-state index contributed by atoms with van der Waals surface area (Å²) in [5, 5.41) is 16.0. The van der Waals surface area contributed by atoms with Crippen molar-refractivity contribution >= 4 is 39.8 Å². The Morgan fingerprint density at radius 1 is 1.24 bits per heavy atom. The summed E-state index contributed by atoms with van der Waals surface area (Å²) in [4.78, 5) is 19.1. The van der Waals surface area contributed by atoms with E-state index in [0.29, 0.717) is 24.3 Å². The van der Waals surface area contributed by atoms with Gasteiger partial charge in [0.05, 0.1) is 23.1 Å². The van der Waals surface area contributed by atoms with Crippen LogP contribution in [-0.4, -0.2) is 47.7 Å². The Bertz CT molecular complexity index is 1080. The summed E-state index contributed by atoms with van der Waals surface area (Å²) < 4.78 is 5.37. The van der Waals surface area contributed by atoms with Crippen molar-refractivity contribution in [2.45, 2.75) is 44.9 Å². The van der Waals surface area contributed by atoms with Crippen molar-refractivity contribution < 1.29 is 14.6 Å². The second-order valence-electron chi connectivity index (χ2n) is 8.98. The van der Waals surface area contributed by atoms with Crippen LogP contribution in [0.25, 0.3) is 10.9 Å². The molecular weight excluding hydrogens is 456 g/mol. The van der Waals surface area contributed by atoms with E-state index < -0.39 is 11.4 Å². The first-order valence-electron chi connectivity index (χ1n) is 11.6. The number of rotatable bonds is 10. The number of benzene rings is 1. The first-order chi connectivity index (χ1) is 16.0. The van der Waals surface area contributed by atoms with Crippen molar-refractivity contribution in [3.63, 3.8) is 0 Å². The second kappa shape index (κ2) is 10.9. The number of likely N-dealkylation sites (tertiary alicyclic amines) is 1. The number of hydrogen-bond acceptors (Lipinski definition) is 5. The number of thiophene rings is 1. The maximum Gasteiger partial charge on any atom is 0.309 e. The lowest BCUT2D eigenvalue weighted by Gasteiger charge is -2.39. The molecule has 1 aromatic carbocycles. The molecule has 176 valence electrons. The van der Waals surface area contributed by atoms with Crippen LogP contribution in [0.2, 0.25) is 5.02 Å². The second-order valence-corrected chi connectivity index (χ2v) is 10.2. The van der Waals surface area contributed by atoms with Crippen molar-refractivity contribution in [3.8, 4) is 5.75 Å². The van der Waals surface area contributed by atoms with Gasteiger partial charge in [0.1, 0.15) is 5.75 Å². The topological polar surface area (TPSA) is 62.7 Å². The van der Waals surface area contributed by atoms with Gasteiger partial charge in [-0.1, -0.05) is 11.6 Å². The average molecular weight is 487 g/mol. The van der Waals surface area contributed by atoms with E-state index in [9.17, 15) is 9.90 Å². The van der Waals surface area contributed by atoms with E-state index in [4.69, 9.17) is 16.3 Å². The number of aromatic nitrogens is 1. The van der Waals surface area contributed by atoms with Crippen molar-refractivity contribution in [2.24, 2.45) is 5.41 Å². The van der Waals surface area contributed by atoms with Gasteiger partial charge in [-0.15, -0.1) is 0 Å². The lowest BCUT2D eigenvalue weighted by molar-refractivity contribution is -0.152. The highest BCUT2D eigenvalue weighted by atomic mass is 35.5. The van der Waals surface area contributed by atoms with Gasteiger partial charge in [-0.05, 0) is 111 Å². The highest BCUT2D eigenvalue weighted by Crippen LogP contribution is 2.38. The third kappa shape index (κ3) is 5.68. The predicted molar refractivity (Wildman–Crippen MR) is 135 cm³/mol. The summed E-state index contributed by atoms with van der Waals surface area (Å²) in [6, 6.07) is 7.97. The normalized spacial score (nSPS) is 16.2. The number of aliphatic carboxylic acids is 1. The van der Waals surface area contributed by atoms with Gasteiger partial charge >= 0.3 is 5.97 Å². The Balaban J connectivity index is 1.35. The average Bonchev–Trinajstić information content (AvgIpc) is 3.34. The third-order valence-corrected chi connectivity index (χ3v) is 8.06. The summed E-state index contributed by atoms with van der Waals surface area (Å²) >= 11 is 8.24. The number of carboxylic acid groups (broad SMARTS) is 1. The molecule has 7 heteroatoms. The highest BCUT2D eigenvalue weighted by molar-refractivity contribution is 7.07. The van der Waals surface area contributed by atoms with E-state index in [1.165, 1.54) is 5.56 Å². The minimum atomic E-state index is -0.659. The van der Waals surface area contributed by atoms with Gasteiger partial charge in [-0.2, -0.15) is 11.3 Å². The molecule has 1 fully saturated rings. The molecule has 0 radical (unpaired) electrons. The van der Waals surface area contributed by atoms with Crippen LogP contribution in [0.15, 0.2) is 41.2 Å². The van der Waals surface area contributed by atoms with Gasteiger partial charge < -0.3 is 14.7 Å². The summed E-state index contributed by atoms with van der Waals surface area (Å²) in [7, 11) is 1.64. The zero-order valence-corrected chi connectivity index (χ0v) is 20.6. The van der Waals surface area contributed by atoms with Crippen molar-refractivity contribution in [1.29, 1.82) is 0 Å². The Kier molecular flexibility index (Phi) is 7.89.